The van der Waals surface area contributed by atoms with Crippen molar-refractivity contribution in [1.29, 1.82) is 0 Å². The molecular weight excluding hydrogens is 254 g/mol. The van der Waals surface area contributed by atoms with Gasteiger partial charge in [0.1, 0.15) is 5.60 Å². The summed E-state index contributed by atoms with van der Waals surface area (Å²) in [5.41, 5.74) is 0.548. The smallest absolute Gasteiger partial charge is 0.408 e. The van der Waals surface area contributed by atoms with Crippen molar-refractivity contribution >= 4 is 6.09 Å². The zero-order chi connectivity index (χ0) is 14.8. The van der Waals surface area contributed by atoms with Gasteiger partial charge in [-0.15, -0.1) is 0 Å². The summed E-state index contributed by atoms with van der Waals surface area (Å²) < 4.78 is 7.40. The van der Waals surface area contributed by atoms with Crippen molar-refractivity contribution in [2.75, 3.05) is 0 Å². The highest BCUT2D eigenvalue weighted by Crippen LogP contribution is 2.33. The molecule has 1 fully saturated rings. The highest BCUT2D eigenvalue weighted by molar-refractivity contribution is 5.68. The minimum absolute atomic E-state index is 0.105. The highest BCUT2D eigenvalue weighted by atomic mass is 16.6. The van der Waals surface area contributed by atoms with Gasteiger partial charge in [0.2, 0.25) is 0 Å². The van der Waals surface area contributed by atoms with Crippen molar-refractivity contribution in [3.05, 3.63) is 18.2 Å². The van der Waals surface area contributed by atoms with Crippen LogP contribution < -0.4 is 5.32 Å². The zero-order valence-corrected chi connectivity index (χ0v) is 12.8. The lowest BCUT2D eigenvalue weighted by molar-refractivity contribution is 0.0506. The maximum absolute atomic E-state index is 11.8. The molecule has 0 radical (unpaired) electrons. The lowest BCUT2D eigenvalue weighted by Gasteiger charge is -2.22. The Kier molecular flexibility index (Phi) is 4.35. The maximum atomic E-state index is 11.8. The zero-order valence-electron chi connectivity index (χ0n) is 12.8. The predicted octanol–water partition coefficient (Wildman–Crippen LogP) is 3.27. The number of alkyl carbamates (subject to hydrolysis) is 1. The Hall–Kier alpha value is -1.52. The van der Waals surface area contributed by atoms with Crippen molar-refractivity contribution in [2.45, 2.75) is 65.1 Å². The average Bonchev–Trinajstić information content (AvgIpc) is 3.00. The van der Waals surface area contributed by atoms with Crippen LogP contribution >= 0.6 is 0 Å². The van der Waals surface area contributed by atoms with Crippen LogP contribution in [0.4, 0.5) is 4.79 Å². The Balaban J connectivity index is 1.89. The third-order valence-electron chi connectivity index (χ3n) is 3.40. The highest BCUT2D eigenvalue weighted by Gasteiger charge is 2.22. The second-order valence-electron chi connectivity index (χ2n) is 6.61. The number of ether oxygens (including phenoxy) is 1. The Morgan fingerprint density at radius 3 is 2.85 bits per heavy atom. The second-order valence-corrected chi connectivity index (χ2v) is 6.61. The molecule has 112 valence electrons. The molecule has 0 spiro atoms. The van der Waals surface area contributed by atoms with E-state index < -0.39 is 5.60 Å². The van der Waals surface area contributed by atoms with Gasteiger partial charge < -0.3 is 14.6 Å². The van der Waals surface area contributed by atoms with Crippen molar-refractivity contribution in [3.63, 3.8) is 0 Å². The van der Waals surface area contributed by atoms with E-state index in [1.54, 1.807) is 0 Å². The van der Waals surface area contributed by atoms with Gasteiger partial charge in [-0.25, -0.2) is 9.78 Å². The topological polar surface area (TPSA) is 56.1 Å². The van der Waals surface area contributed by atoms with Gasteiger partial charge in [0.05, 0.1) is 24.3 Å². The number of aromatic nitrogens is 2. The fraction of sp³-hybridized carbons (Fsp3) is 0.733. The van der Waals surface area contributed by atoms with Crippen LogP contribution in [-0.2, 0) is 11.3 Å². The van der Waals surface area contributed by atoms with E-state index in [0.717, 1.165) is 18.2 Å². The summed E-state index contributed by atoms with van der Waals surface area (Å²) in [6.45, 7) is 8.50. The molecule has 1 aromatic heterocycles. The van der Waals surface area contributed by atoms with Crippen LogP contribution in [0.5, 0.6) is 0 Å². The summed E-state index contributed by atoms with van der Waals surface area (Å²) in [7, 11) is 0. The van der Waals surface area contributed by atoms with E-state index in [2.05, 4.69) is 14.9 Å². The van der Waals surface area contributed by atoms with E-state index >= 15 is 0 Å². The van der Waals surface area contributed by atoms with E-state index in [1.165, 1.54) is 19.3 Å². The third-order valence-corrected chi connectivity index (χ3v) is 3.40. The van der Waals surface area contributed by atoms with E-state index in [1.807, 2.05) is 40.2 Å². The van der Waals surface area contributed by atoms with Crippen molar-refractivity contribution in [2.24, 2.45) is 5.92 Å². The first-order chi connectivity index (χ1) is 9.35. The average molecular weight is 279 g/mol. The Morgan fingerprint density at radius 2 is 2.25 bits per heavy atom. The summed E-state index contributed by atoms with van der Waals surface area (Å²) >= 11 is 0. The number of amides is 1. The molecule has 0 bridgehead atoms. The summed E-state index contributed by atoms with van der Waals surface area (Å²) in [6, 6.07) is -0.105. The molecule has 1 aliphatic carbocycles. The van der Waals surface area contributed by atoms with Crippen LogP contribution in [-0.4, -0.2) is 21.2 Å². The molecule has 0 aliphatic heterocycles. The first kappa shape index (κ1) is 14.9. The monoisotopic (exact) mass is 279 g/mol. The number of hydrogen-bond acceptors (Lipinski definition) is 3. The van der Waals surface area contributed by atoms with E-state index in [0.29, 0.717) is 0 Å². The first-order valence-corrected chi connectivity index (χ1v) is 7.34. The minimum atomic E-state index is -0.476. The quantitative estimate of drug-likeness (QED) is 0.900. The molecule has 0 aromatic carbocycles. The molecule has 20 heavy (non-hydrogen) atoms. The molecule has 1 saturated carbocycles. The lowest BCUT2D eigenvalue weighted by Crippen LogP contribution is -2.34. The standard InChI is InChI=1S/C15H25N3O2/c1-11(17-14(19)20-15(2,3)4)13-9-16-10-18(13)8-7-12-5-6-12/h9-12H,5-8H2,1-4H3,(H,17,19). The number of carbonyl (C=O) groups is 1. The Morgan fingerprint density at radius 1 is 1.55 bits per heavy atom. The molecule has 2 rings (SSSR count). The molecular formula is C15H25N3O2. The third kappa shape index (κ3) is 4.54. The van der Waals surface area contributed by atoms with Crippen LogP contribution in [0.1, 0.15) is 58.7 Å². The van der Waals surface area contributed by atoms with Gasteiger partial charge in [-0.3, -0.25) is 0 Å². The molecule has 1 N–H and O–H groups in total. The normalized spacial score (nSPS) is 16.8. The molecule has 5 nitrogen and oxygen atoms in total. The van der Waals surface area contributed by atoms with Gasteiger partial charge in [0, 0.05) is 6.54 Å². The SMILES string of the molecule is CC(NC(=O)OC(C)(C)C)c1cncn1CCC1CC1. The molecule has 1 heterocycles. The number of nitrogens with one attached hydrogen (secondary N) is 1. The summed E-state index contributed by atoms with van der Waals surface area (Å²) in [5, 5.41) is 2.86. The van der Waals surface area contributed by atoms with Crippen LogP contribution in [0.25, 0.3) is 0 Å². The van der Waals surface area contributed by atoms with Crippen molar-refractivity contribution in [3.8, 4) is 0 Å². The number of carbonyl (C=O) groups excluding carboxylic acids is 1. The largest absolute Gasteiger partial charge is 0.444 e. The van der Waals surface area contributed by atoms with E-state index in [-0.39, 0.29) is 12.1 Å². The summed E-state index contributed by atoms with van der Waals surface area (Å²) in [5.74, 6) is 0.888. The van der Waals surface area contributed by atoms with Gasteiger partial charge in [-0.2, -0.15) is 0 Å². The van der Waals surface area contributed by atoms with E-state index in [4.69, 9.17) is 4.74 Å². The summed E-state index contributed by atoms with van der Waals surface area (Å²) in [6.07, 6.45) is 7.17. The number of rotatable bonds is 5. The van der Waals surface area contributed by atoms with Gasteiger partial charge in [-0.05, 0) is 40.0 Å². The maximum Gasteiger partial charge on any atom is 0.408 e. The number of hydrogen-bond donors (Lipinski definition) is 1. The minimum Gasteiger partial charge on any atom is -0.444 e. The summed E-state index contributed by atoms with van der Waals surface area (Å²) in [4.78, 5) is 16.0. The lowest BCUT2D eigenvalue weighted by atomic mass is 10.2. The molecule has 1 atom stereocenters. The van der Waals surface area contributed by atoms with Crippen molar-refractivity contribution < 1.29 is 9.53 Å². The molecule has 1 unspecified atom stereocenters. The fourth-order valence-electron chi connectivity index (χ4n) is 2.16. The fourth-order valence-corrected chi connectivity index (χ4v) is 2.16. The number of imidazole rings is 1. The Bertz CT molecular complexity index is 458. The van der Waals surface area contributed by atoms with Crippen LogP contribution in [0.2, 0.25) is 0 Å². The Labute approximate surface area is 120 Å². The number of nitrogens with zero attached hydrogens (tertiary/aromatic N) is 2. The van der Waals surface area contributed by atoms with Crippen molar-refractivity contribution in [1.82, 2.24) is 14.9 Å². The first-order valence-electron chi connectivity index (χ1n) is 7.34. The van der Waals surface area contributed by atoms with Crippen LogP contribution in [0.3, 0.4) is 0 Å². The van der Waals surface area contributed by atoms with E-state index in [9.17, 15) is 4.79 Å². The van der Waals surface area contributed by atoms with Gasteiger partial charge in [-0.1, -0.05) is 12.8 Å². The molecule has 1 amide bonds. The predicted molar refractivity (Wildman–Crippen MR) is 77.4 cm³/mol. The molecule has 5 heteroatoms. The molecule has 1 aliphatic rings. The van der Waals surface area contributed by atoms with Crippen LogP contribution in [0.15, 0.2) is 12.5 Å². The molecule has 1 aromatic rings. The molecule has 0 saturated heterocycles. The number of aryl methyl sites for hydroxylation is 1. The van der Waals surface area contributed by atoms with Gasteiger partial charge >= 0.3 is 6.09 Å². The van der Waals surface area contributed by atoms with Gasteiger partial charge in [0.15, 0.2) is 0 Å². The second kappa shape index (κ2) is 5.85. The van der Waals surface area contributed by atoms with Crippen LogP contribution in [0, 0.1) is 5.92 Å². The van der Waals surface area contributed by atoms with Gasteiger partial charge in [0.25, 0.3) is 0 Å².